The van der Waals surface area contributed by atoms with Gasteiger partial charge in [-0.25, -0.2) is 5.84 Å². The van der Waals surface area contributed by atoms with Crippen LogP contribution in [0.4, 0.5) is 5.69 Å². The average Bonchev–Trinajstić information content (AvgIpc) is 2.38. The molecular weight excluding hydrogens is 218 g/mol. The summed E-state index contributed by atoms with van der Waals surface area (Å²) >= 11 is 0. The first kappa shape index (κ1) is 13.3. The summed E-state index contributed by atoms with van der Waals surface area (Å²) in [4.78, 5) is 13.0. The predicted molar refractivity (Wildman–Crippen MR) is 67.8 cm³/mol. The lowest BCUT2D eigenvalue weighted by Crippen LogP contribution is -2.30. The van der Waals surface area contributed by atoms with Gasteiger partial charge in [-0.3, -0.25) is 10.2 Å². The number of nitrogens with two attached hydrogens (primary N) is 1. The number of nitrogens with one attached hydrogen (secondary N) is 1. The number of amides is 1. The zero-order valence-electron chi connectivity index (χ0n) is 10.3. The highest BCUT2D eigenvalue weighted by atomic mass is 16.5. The van der Waals surface area contributed by atoms with E-state index in [1.54, 1.807) is 7.11 Å². The monoisotopic (exact) mass is 237 g/mol. The lowest BCUT2D eigenvalue weighted by Gasteiger charge is -2.19. The zero-order valence-corrected chi connectivity index (χ0v) is 10.3. The maximum atomic E-state index is 10.9. The van der Waals surface area contributed by atoms with E-state index in [-0.39, 0.29) is 5.91 Å². The summed E-state index contributed by atoms with van der Waals surface area (Å²) in [6, 6.07) is 7.81. The number of ether oxygens (including phenoxy) is 1. The van der Waals surface area contributed by atoms with Crippen LogP contribution in [0.15, 0.2) is 24.3 Å². The van der Waals surface area contributed by atoms with E-state index in [9.17, 15) is 4.79 Å². The minimum absolute atomic E-state index is 0.131. The summed E-state index contributed by atoms with van der Waals surface area (Å²) < 4.78 is 5.09. The maximum absolute atomic E-state index is 10.9. The highest BCUT2D eigenvalue weighted by Gasteiger charge is 2.03. The molecule has 0 bridgehead atoms. The minimum atomic E-state index is -0.131. The summed E-state index contributed by atoms with van der Waals surface area (Å²) in [7, 11) is 3.63. The molecule has 0 unspecified atom stereocenters. The third-order valence-electron chi connectivity index (χ3n) is 2.57. The molecule has 3 N–H and O–H groups in total. The molecule has 0 aliphatic heterocycles. The maximum Gasteiger partial charge on any atom is 0.233 e. The minimum Gasteiger partial charge on any atom is -0.497 e. The van der Waals surface area contributed by atoms with Crippen LogP contribution in [0.3, 0.4) is 0 Å². The Balaban J connectivity index is 2.40. The van der Waals surface area contributed by atoms with Gasteiger partial charge in [0.1, 0.15) is 5.75 Å². The highest BCUT2D eigenvalue weighted by Crippen LogP contribution is 2.18. The van der Waals surface area contributed by atoms with Crippen molar-refractivity contribution in [2.24, 2.45) is 5.84 Å². The molecule has 0 atom stereocenters. The summed E-state index contributed by atoms with van der Waals surface area (Å²) in [5, 5.41) is 0. The number of benzene rings is 1. The second kappa shape index (κ2) is 6.75. The van der Waals surface area contributed by atoms with Crippen molar-refractivity contribution < 1.29 is 9.53 Å². The SMILES string of the molecule is COc1ccc(N(C)CCCC(=O)NN)cc1. The van der Waals surface area contributed by atoms with E-state index >= 15 is 0 Å². The number of anilines is 1. The van der Waals surface area contributed by atoms with Crippen molar-refractivity contribution in [1.29, 1.82) is 0 Å². The van der Waals surface area contributed by atoms with Gasteiger partial charge in [0.05, 0.1) is 7.11 Å². The van der Waals surface area contributed by atoms with Crippen LogP contribution in [0.5, 0.6) is 5.75 Å². The average molecular weight is 237 g/mol. The first-order valence-electron chi connectivity index (χ1n) is 5.52. The molecule has 1 rings (SSSR count). The van der Waals surface area contributed by atoms with Crippen LogP contribution in [0.25, 0.3) is 0 Å². The van der Waals surface area contributed by atoms with Crippen LogP contribution in [-0.4, -0.2) is 26.6 Å². The molecular formula is C12H19N3O2. The molecule has 0 saturated carbocycles. The molecule has 0 radical (unpaired) electrons. The Morgan fingerprint density at radius 2 is 2.06 bits per heavy atom. The van der Waals surface area contributed by atoms with Crippen molar-refractivity contribution in [3.8, 4) is 5.75 Å². The molecule has 1 aromatic rings. The molecule has 1 amide bonds. The van der Waals surface area contributed by atoms with E-state index in [0.29, 0.717) is 6.42 Å². The van der Waals surface area contributed by atoms with Crippen LogP contribution in [0.2, 0.25) is 0 Å². The van der Waals surface area contributed by atoms with Crippen molar-refractivity contribution >= 4 is 11.6 Å². The summed E-state index contributed by atoms with van der Waals surface area (Å²) in [6.07, 6.45) is 1.21. The molecule has 0 spiro atoms. The van der Waals surface area contributed by atoms with Gasteiger partial charge in [0.2, 0.25) is 5.91 Å². The number of carbonyl (C=O) groups excluding carboxylic acids is 1. The second-order valence-electron chi connectivity index (χ2n) is 3.79. The van der Waals surface area contributed by atoms with Gasteiger partial charge in [-0.1, -0.05) is 0 Å². The van der Waals surface area contributed by atoms with Crippen molar-refractivity contribution in [3.05, 3.63) is 24.3 Å². The first-order valence-corrected chi connectivity index (χ1v) is 5.52. The Hall–Kier alpha value is -1.75. The van der Waals surface area contributed by atoms with Gasteiger partial charge in [0.15, 0.2) is 0 Å². The first-order chi connectivity index (χ1) is 8.17. The van der Waals surface area contributed by atoms with Crippen LogP contribution >= 0.6 is 0 Å². The molecule has 0 saturated heterocycles. The Morgan fingerprint density at radius 1 is 1.41 bits per heavy atom. The Bertz CT molecular complexity index is 351. The van der Waals surface area contributed by atoms with Crippen LogP contribution < -0.4 is 20.9 Å². The van der Waals surface area contributed by atoms with Crippen molar-refractivity contribution in [2.75, 3.05) is 25.6 Å². The van der Waals surface area contributed by atoms with Gasteiger partial charge in [-0.2, -0.15) is 0 Å². The van der Waals surface area contributed by atoms with E-state index in [1.165, 1.54) is 0 Å². The standard InChI is InChI=1S/C12H19N3O2/c1-15(9-3-4-12(16)14-13)10-5-7-11(17-2)8-6-10/h5-8H,3-4,9,13H2,1-2H3,(H,14,16). The van der Waals surface area contributed by atoms with E-state index in [4.69, 9.17) is 10.6 Å². The lowest BCUT2D eigenvalue weighted by atomic mass is 10.2. The lowest BCUT2D eigenvalue weighted by molar-refractivity contribution is -0.121. The number of rotatable bonds is 6. The Labute approximate surface area is 102 Å². The fourth-order valence-corrected chi connectivity index (χ4v) is 1.51. The molecule has 0 aliphatic carbocycles. The van der Waals surface area contributed by atoms with E-state index in [2.05, 4.69) is 10.3 Å². The van der Waals surface area contributed by atoms with Gasteiger partial charge in [0.25, 0.3) is 0 Å². The molecule has 0 aromatic heterocycles. The van der Waals surface area contributed by atoms with Crippen LogP contribution in [-0.2, 0) is 4.79 Å². The molecule has 5 heteroatoms. The highest BCUT2D eigenvalue weighted by molar-refractivity contribution is 5.75. The van der Waals surface area contributed by atoms with Gasteiger partial charge in [0, 0.05) is 25.7 Å². The molecule has 0 heterocycles. The van der Waals surface area contributed by atoms with Crippen molar-refractivity contribution in [3.63, 3.8) is 0 Å². The van der Waals surface area contributed by atoms with Crippen molar-refractivity contribution in [1.82, 2.24) is 5.43 Å². The van der Waals surface area contributed by atoms with Crippen LogP contribution in [0, 0.1) is 0 Å². The van der Waals surface area contributed by atoms with Gasteiger partial charge < -0.3 is 9.64 Å². The predicted octanol–water partition coefficient (Wildman–Crippen LogP) is 0.902. The van der Waals surface area contributed by atoms with E-state index < -0.39 is 0 Å². The fourth-order valence-electron chi connectivity index (χ4n) is 1.51. The van der Waals surface area contributed by atoms with Gasteiger partial charge in [-0.05, 0) is 30.7 Å². The molecule has 94 valence electrons. The van der Waals surface area contributed by atoms with Gasteiger partial charge in [-0.15, -0.1) is 0 Å². The molecule has 17 heavy (non-hydrogen) atoms. The van der Waals surface area contributed by atoms with Crippen LogP contribution in [0.1, 0.15) is 12.8 Å². The number of nitrogens with zero attached hydrogens (tertiary/aromatic N) is 1. The fraction of sp³-hybridized carbons (Fsp3) is 0.417. The topological polar surface area (TPSA) is 67.6 Å². The quantitative estimate of drug-likeness (QED) is 0.438. The van der Waals surface area contributed by atoms with E-state index in [0.717, 1.165) is 24.4 Å². The smallest absolute Gasteiger partial charge is 0.233 e. The molecule has 0 fully saturated rings. The largest absolute Gasteiger partial charge is 0.497 e. The van der Waals surface area contributed by atoms with Gasteiger partial charge >= 0.3 is 0 Å². The normalized spacial score (nSPS) is 9.82. The Morgan fingerprint density at radius 3 is 2.59 bits per heavy atom. The third kappa shape index (κ3) is 4.32. The molecule has 1 aromatic carbocycles. The Kier molecular flexibility index (Phi) is 5.29. The number of methoxy groups -OCH3 is 1. The zero-order chi connectivity index (χ0) is 12.7. The number of hydrogen-bond donors (Lipinski definition) is 2. The van der Waals surface area contributed by atoms with Crippen molar-refractivity contribution in [2.45, 2.75) is 12.8 Å². The number of carbonyl (C=O) groups is 1. The summed E-state index contributed by atoms with van der Waals surface area (Å²) in [6.45, 7) is 0.805. The molecule has 0 aliphatic rings. The number of hydrazine groups is 1. The summed E-state index contributed by atoms with van der Waals surface area (Å²) in [5.74, 6) is 5.71. The third-order valence-corrected chi connectivity index (χ3v) is 2.57. The molecule has 5 nitrogen and oxygen atoms in total. The number of hydrogen-bond acceptors (Lipinski definition) is 4. The second-order valence-corrected chi connectivity index (χ2v) is 3.79. The van der Waals surface area contributed by atoms with E-state index in [1.807, 2.05) is 31.3 Å². The summed E-state index contributed by atoms with van der Waals surface area (Å²) in [5.41, 5.74) is 3.22.